The fraction of sp³-hybridized carbons (Fsp3) is 0.300. The van der Waals surface area contributed by atoms with E-state index in [0.717, 1.165) is 3.57 Å². The van der Waals surface area contributed by atoms with Crippen LogP contribution in [0.3, 0.4) is 0 Å². The molecule has 1 aromatic rings. The summed E-state index contributed by atoms with van der Waals surface area (Å²) >= 11 is 2.00. The lowest BCUT2D eigenvalue weighted by Crippen LogP contribution is -2.26. The summed E-state index contributed by atoms with van der Waals surface area (Å²) in [4.78, 5) is 3.70. The largest absolute Gasteiger partial charge is 0.523 e. The van der Waals surface area contributed by atoms with Crippen molar-refractivity contribution in [2.45, 2.75) is 11.7 Å². The average molecular weight is 421 g/mol. The van der Waals surface area contributed by atoms with E-state index in [1.807, 2.05) is 22.6 Å². The molecule has 0 saturated carbocycles. The topological polar surface area (TPSA) is 65.0 Å². The van der Waals surface area contributed by atoms with Crippen LogP contribution in [0.4, 0.5) is 13.2 Å². The molecule has 0 aliphatic carbocycles. The van der Waals surface area contributed by atoms with E-state index < -0.39 is 21.9 Å². The van der Waals surface area contributed by atoms with E-state index in [9.17, 15) is 21.6 Å². The van der Waals surface area contributed by atoms with Crippen molar-refractivity contribution in [3.05, 3.63) is 32.9 Å². The molecular formula is C10H7F3INO4S. The van der Waals surface area contributed by atoms with Crippen molar-refractivity contribution in [1.29, 1.82) is 0 Å². The number of aliphatic imine (C=N–C) groups is 1. The van der Waals surface area contributed by atoms with Crippen LogP contribution >= 0.6 is 22.6 Å². The summed E-state index contributed by atoms with van der Waals surface area (Å²) in [5.41, 5.74) is -4.89. The molecule has 20 heavy (non-hydrogen) atoms. The number of rotatable bonds is 2. The van der Waals surface area contributed by atoms with Gasteiger partial charge in [0.2, 0.25) is 5.90 Å². The maximum Gasteiger partial charge on any atom is 0.523 e. The number of hydrogen-bond acceptors (Lipinski definition) is 5. The molecule has 1 aromatic carbocycles. The van der Waals surface area contributed by atoms with Gasteiger partial charge in [-0.2, -0.15) is 21.6 Å². The molecule has 1 atom stereocenters. The lowest BCUT2D eigenvalue weighted by Gasteiger charge is -2.12. The fourth-order valence-electron chi connectivity index (χ4n) is 1.59. The number of nitrogens with zero attached hydrogens (tertiary/aromatic N) is 1. The van der Waals surface area contributed by atoms with E-state index in [1.165, 1.54) is 13.2 Å². The first-order valence-corrected chi connectivity index (χ1v) is 7.55. The quantitative estimate of drug-likeness (QED) is 0.419. The van der Waals surface area contributed by atoms with E-state index >= 15 is 0 Å². The molecule has 0 fully saturated rings. The Kier molecular flexibility index (Phi) is 3.99. The summed E-state index contributed by atoms with van der Waals surface area (Å²) in [5, 5.41) is 0. The maximum absolute atomic E-state index is 12.3. The Morgan fingerprint density at radius 2 is 2.00 bits per heavy atom. The summed E-state index contributed by atoms with van der Waals surface area (Å²) in [7, 11) is -4.45. The highest BCUT2D eigenvalue weighted by Gasteiger charge is 2.49. The van der Waals surface area contributed by atoms with E-state index in [4.69, 9.17) is 4.74 Å². The minimum Gasteiger partial charge on any atom is -0.481 e. The van der Waals surface area contributed by atoms with Crippen molar-refractivity contribution in [2.24, 2.45) is 4.99 Å². The lowest BCUT2D eigenvalue weighted by atomic mass is 10.1. The predicted octanol–water partition coefficient (Wildman–Crippen LogP) is 2.56. The zero-order chi connectivity index (χ0) is 15.1. The Balaban J connectivity index is 2.40. The van der Waals surface area contributed by atoms with Crippen LogP contribution < -0.4 is 0 Å². The Morgan fingerprint density at radius 1 is 1.35 bits per heavy atom. The molecule has 0 N–H and O–H groups in total. The van der Waals surface area contributed by atoms with Crippen LogP contribution in [0.5, 0.6) is 0 Å². The van der Waals surface area contributed by atoms with Gasteiger partial charge in [-0.3, -0.25) is 0 Å². The smallest absolute Gasteiger partial charge is 0.481 e. The van der Waals surface area contributed by atoms with Gasteiger partial charge in [-0.05, 0) is 34.7 Å². The van der Waals surface area contributed by atoms with E-state index in [1.54, 1.807) is 12.1 Å². The van der Waals surface area contributed by atoms with Crippen LogP contribution in [-0.2, 0) is 19.0 Å². The van der Waals surface area contributed by atoms with Crippen molar-refractivity contribution in [3.8, 4) is 0 Å². The summed E-state index contributed by atoms with van der Waals surface area (Å²) in [6.45, 7) is 0. The molecule has 0 bridgehead atoms. The van der Waals surface area contributed by atoms with E-state index in [-0.39, 0.29) is 11.5 Å². The van der Waals surface area contributed by atoms with E-state index in [2.05, 4.69) is 9.18 Å². The Labute approximate surface area is 126 Å². The van der Waals surface area contributed by atoms with Crippen molar-refractivity contribution >= 4 is 38.6 Å². The number of fused-ring (bicyclic) bond motifs is 1. The van der Waals surface area contributed by atoms with Crippen molar-refractivity contribution < 1.29 is 30.5 Å². The van der Waals surface area contributed by atoms with Crippen LogP contribution in [0.2, 0.25) is 0 Å². The van der Waals surface area contributed by atoms with Gasteiger partial charge in [-0.15, -0.1) is 0 Å². The minimum atomic E-state index is -5.73. The molecular weight excluding hydrogens is 414 g/mol. The van der Waals surface area contributed by atoms with Gasteiger partial charge in [-0.1, -0.05) is 6.07 Å². The molecule has 0 radical (unpaired) electrons. The maximum atomic E-state index is 12.3. The number of ether oxygens (including phenoxy) is 1. The normalized spacial score (nSPS) is 18.6. The first-order chi connectivity index (χ1) is 9.15. The molecule has 5 nitrogen and oxygen atoms in total. The van der Waals surface area contributed by atoms with Gasteiger partial charge in [0.1, 0.15) is 0 Å². The predicted molar refractivity (Wildman–Crippen MR) is 71.5 cm³/mol. The number of hydrogen-bond donors (Lipinski definition) is 0. The van der Waals surface area contributed by atoms with Gasteiger partial charge >= 0.3 is 15.6 Å². The number of methoxy groups -OCH3 is 1. The molecule has 1 unspecified atom stereocenters. The van der Waals surface area contributed by atoms with Crippen LogP contribution in [0.1, 0.15) is 17.4 Å². The lowest BCUT2D eigenvalue weighted by molar-refractivity contribution is -0.0571. The Bertz CT molecular complexity index is 672. The van der Waals surface area contributed by atoms with Crippen LogP contribution in [0.25, 0.3) is 0 Å². The van der Waals surface area contributed by atoms with Gasteiger partial charge in [0, 0.05) is 14.7 Å². The molecule has 1 aliphatic rings. The molecule has 1 aliphatic heterocycles. The van der Waals surface area contributed by atoms with Gasteiger partial charge in [-0.25, -0.2) is 9.18 Å². The second-order valence-corrected chi connectivity index (χ2v) is 6.53. The molecule has 10 heteroatoms. The number of halogens is 4. The van der Waals surface area contributed by atoms with Gasteiger partial charge < -0.3 is 4.74 Å². The van der Waals surface area contributed by atoms with Crippen LogP contribution in [0, 0.1) is 3.57 Å². The van der Waals surface area contributed by atoms with Gasteiger partial charge in [0.25, 0.3) is 0 Å². The Morgan fingerprint density at radius 3 is 2.55 bits per heavy atom. The van der Waals surface area contributed by atoms with Crippen molar-refractivity contribution in [1.82, 2.24) is 0 Å². The SMILES string of the molecule is COC1=NC(OS(=O)(=O)C(F)(F)F)c2ccc(I)cc21. The minimum absolute atomic E-state index is 0.0286. The van der Waals surface area contributed by atoms with Gasteiger partial charge in [0.15, 0.2) is 6.23 Å². The summed E-state index contributed by atoms with van der Waals surface area (Å²) in [6, 6.07) is 4.66. The fourth-order valence-corrected chi connectivity index (χ4v) is 2.57. The Hall–Kier alpha value is -0.880. The highest BCUT2D eigenvalue weighted by molar-refractivity contribution is 14.1. The molecule has 0 amide bonds. The van der Waals surface area contributed by atoms with Crippen LogP contribution in [-0.4, -0.2) is 26.9 Å². The van der Waals surface area contributed by atoms with Crippen molar-refractivity contribution in [3.63, 3.8) is 0 Å². The number of benzene rings is 1. The second kappa shape index (κ2) is 5.15. The molecule has 0 aromatic heterocycles. The first kappa shape index (κ1) is 15.5. The van der Waals surface area contributed by atoms with E-state index in [0.29, 0.717) is 5.56 Å². The molecule has 1 heterocycles. The third kappa shape index (κ3) is 2.76. The zero-order valence-corrected chi connectivity index (χ0v) is 12.8. The summed E-state index contributed by atoms with van der Waals surface area (Å²) < 4.78 is 68.8. The molecule has 0 spiro atoms. The highest BCUT2D eigenvalue weighted by Crippen LogP contribution is 2.36. The molecule has 0 saturated heterocycles. The monoisotopic (exact) mass is 421 g/mol. The summed E-state index contributed by atoms with van der Waals surface area (Å²) in [5.74, 6) is 0.0286. The standard InChI is InChI=1S/C10H7F3INO4S/c1-18-8-7-4-5(14)2-3-6(7)9(15-8)19-20(16,17)10(11,12)13/h2-4,9H,1H3. The van der Waals surface area contributed by atoms with Crippen LogP contribution in [0.15, 0.2) is 23.2 Å². The third-order valence-corrected chi connectivity index (χ3v) is 4.11. The summed E-state index contributed by atoms with van der Waals surface area (Å²) in [6.07, 6.45) is -1.59. The third-order valence-electron chi connectivity index (χ3n) is 2.44. The van der Waals surface area contributed by atoms with Gasteiger partial charge in [0.05, 0.1) is 7.11 Å². The second-order valence-electron chi connectivity index (χ2n) is 3.72. The number of alkyl halides is 3. The van der Waals surface area contributed by atoms with Crippen molar-refractivity contribution in [2.75, 3.05) is 7.11 Å². The average Bonchev–Trinajstić information content (AvgIpc) is 2.64. The highest BCUT2D eigenvalue weighted by atomic mass is 127. The molecule has 2 rings (SSSR count). The zero-order valence-electron chi connectivity index (χ0n) is 9.81. The molecule has 110 valence electrons. The first-order valence-electron chi connectivity index (χ1n) is 5.07.